The molecule has 0 bridgehead atoms. The van der Waals surface area contributed by atoms with Crippen LogP contribution in [0.2, 0.25) is 0 Å². The van der Waals surface area contributed by atoms with Crippen molar-refractivity contribution in [2.75, 3.05) is 10.6 Å². The molecular formula is C20H15N5O. The van der Waals surface area contributed by atoms with Crippen molar-refractivity contribution in [1.29, 1.82) is 15.8 Å². The van der Waals surface area contributed by atoms with E-state index in [1.807, 2.05) is 32.0 Å². The van der Waals surface area contributed by atoms with Gasteiger partial charge in [0.15, 0.2) is 5.57 Å². The van der Waals surface area contributed by atoms with Gasteiger partial charge in [0.2, 0.25) is 0 Å². The number of aryl methyl sites for hydroxylation is 2. The summed E-state index contributed by atoms with van der Waals surface area (Å²) >= 11 is 0. The maximum Gasteiger partial charge on any atom is 0.255 e. The monoisotopic (exact) mass is 341 g/mol. The number of carbonyl (C=O) groups is 1. The molecule has 2 N–H and O–H groups in total. The van der Waals surface area contributed by atoms with Gasteiger partial charge < -0.3 is 10.6 Å². The summed E-state index contributed by atoms with van der Waals surface area (Å²) in [6, 6.07) is 17.3. The molecule has 2 rings (SSSR count). The van der Waals surface area contributed by atoms with E-state index in [9.17, 15) is 4.79 Å². The van der Waals surface area contributed by atoms with E-state index in [2.05, 4.69) is 10.6 Å². The lowest BCUT2D eigenvalue weighted by Gasteiger charge is -2.10. The maximum atomic E-state index is 12.5. The molecule has 26 heavy (non-hydrogen) atoms. The number of benzene rings is 2. The predicted octanol–water partition coefficient (Wildman–Crippen LogP) is 3.79. The Morgan fingerprint density at radius 1 is 0.923 bits per heavy atom. The third kappa shape index (κ3) is 4.26. The van der Waals surface area contributed by atoms with Crippen molar-refractivity contribution >= 4 is 17.3 Å². The molecule has 0 aliphatic rings. The number of amides is 1. The Labute approximate surface area is 151 Å². The summed E-state index contributed by atoms with van der Waals surface area (Å²) in [4.78, 5) is 12.5. The number of nitriles is 3. The molecule has 6 heteroatoms. The highest BCUT2D eigenvalue weighted by Gasteiger charge is 2.10. The van der Waals surface area contributed by atoms with Gasteiger partial charge in [-0.25, -0.2) is 0 Å². The van der Waals surface area contributed by atoms with Crippen LogP contribution in [-0.4, -0.2) is 5.91 Å². The number of carbonyl (C=O) groups excluding carboxylic acids is 1. The number of allylic oxidation sites excluding steroid dienone is 2. The molecule has 0 atom stereocenters. The summed E-state index contributed by atoms with van der Waals surface area (Å²) in [5, 5.41) is 32.4. The Hall–Kier alpha value is -4.08. The van der Waals surface area contributed by atoms with Crippen molar-refractivity contribution in [3.63, 3.8) is 0 Å². The zero-order valence-electron chi connectivity index (χ0n) is 14.3. The van der Waals surface area contributed by atoms with Crippen molar-refractivity contribution in [1.82, 2.24) is 0 Å². The first kappa shape index (κ1) is 18.3. The van der Waals surface area contributed by atoms with Crippen LogP contribution in [0.1, 0.15) is 21.5 Å². The molecular weight excluding hydrogens is 326 g/mol. The Morgan fingerprint density at radius 3 is 2.27 bits per heavy atom. The second kappa shape index (κ2) is 8.15. The van der Waals surface area contributed by atoms with Crippen LogP contribution in [-0.2, 0) is 0 Å². The molecule has 0 heterocycles. The SMILES string of the molecule is Cc1ccc(NC(=O)c2cccc(NC(C#N)=C(C#N)C#N)c2)c(C)c1. The van der Waals surface area contributed by atoms with Gasteiger partial charge in [0.25, 0.3) is 5.91 Å². The van der Waals surface area contributed by atoms with E-state index in [-0.39, 0.29) is 17.2 Å². The van der Waals surface area contributed by atoms with Gasteiger partial charge in [0.05, 0.1) is 0 Å². The zero-order valence-corrected chi connectivity index (χ0v) is 14.3. The number of anilines is 2. The predicted molar refractivity (Wildman–Crippen MR) is 97.8 cm³/mol. The fraction of sp³-hybridized carbons (Fsp3) is 0.100. The highest BCUT2D eigenvalue weighted by molar-refractivity contribution is 6.05. The molecule has 0 aliphatic heterocycles. The lowest BCUT2D eigenvalue weighted by atomic mass is 10.1. The fourth-order valence-corrected chi connectivity index (χ4v) is 2.31. The Balaban J connectivity index is 2.25. The number of nitrogens with one attached hydrogen (secondary N) is 2. The van der Waals surface area contributed by atoms with Crippen LogP contribution < -0.4 is 10.6 Å². The van der Waals surface area contributed by atoms with Crippen LogP contribution >= 0.6 is 0 Å². The fourth-order valence-electron chi connectivity index (χ4n) is 2.31. The Morgan fingerprint density at radius 2 is 1.65 bits per heavy atom. The quantitative estimate of drug-likeness (QED) is 0.821. The molecule has 2 aromatic rings. The minimum absolute atomic E-state index is 0.165. The smallest absolute Gasteiger partial charge is 0.255 e. The summed E-state index contributed by atoms with van der Waals surface area (Å²) in [6.45, 7) is 3.89. The number of nitrogens with zero attached hydrogens (tertiary/aromatic N) is 3. The summed E-state index contributed by atoms with van der Waals surface area (Å²) in [5.41, 5.74) is 3.09. The van der Waals surface area contributed by atoms with Crippen LogP contribution in [0.25, 0.3) is 0 Å². The topological polar surface area (TPSA) is 112 Å². The highest BCUT2D eigenvalue weighted by atomic mass is 16.1. The van der Waals surface area contributed by atoms with Crippen molar-refractivity contribution in [3.8, 4) is 18.2 Å². The molecule has 0 fully saturated rings. The Bertz CT molecular complexity index is 1000. The highest BCUT2D eigenvalue weighted by Crippen LogP contribution is 2.19. The van der Waals surface area contributed by atoms with Crippen LogP contribution in [0.4, 0.5) is 11.4 Å². The standard InChI is InChI=1S/C20H15N5O/c1-13-6-7-18(14(2)8-13)25-20(26)15-4-3-5-17(9-15)24-19(12-23)16(10-21)11-22/h3-9,24H,1-2H3,(H,25,26). The molecule has 1 amide bonds. The molecule has 2 aromatic carbocycles. The summed E-state index contributed by atoms with van der Waals surface area (Å²) in [7, 11) is 0. The van der Waals surface area contributed by atoms with E-state index in [1.54, 1.807) is 42.5 Å². The molecule has 6 nitrogen and oxygen atoms in total. The van der Waals surface area contributed by atoms with E-state index >= 15 is 0 Å². The first-order valence-electron chi connectivity index (χ1n) is 7.68. The van der Waals surface area contributed by atoms with E-state index in [4.69, 9.17) is 15.8 Å². The third-order valence-corrected chi connectivity index (χ3v) is 3.61. The molecule has 0 aliphatic carbocycles. The molecule has 0 radical (unpaired) electrons. The van der Waals surface area contributed by atoms with E-state index in [0.717, 1.165) is 11.1 Å². The minimum Gasteiger partial charge on any atom is -0.345 e. The van der Waals surface area contributed by atoms with E-state index in [0.29, 0.717) is 16.9 Å². The van der Waals surface area contributed by atoms with Gasteiger partial charge in [0, 0.05) is 16.9 Å². The van der Waals surface area contributed by atoms with Crippen LogP contribution in [0.5, 0.6) is 0 Å². The second-order valence-electron chi connectivity index (χ2n) is 5.56. The number of hydrogen-bond acceptors (Lipinski definition) is 5. The van der Waals surface area contributed by atoms with E-state index in [1.165, 1.54) is 0 Å². The van der Waals surface area contributed by atoms with E-state index < -0.39 is 0 Å². The van der Waals surface area contributed by atoms with Crippen LogP contribution in [0, 0.1) is 47.8 Å². The molecule has 0 saturated heterocycles. The average Bonchev–Trinajstić information content (AvgIpc) is 2.64. The van der Waals surface area contributed by atoms with Crippen molar-refractivity contribution in [2.45, 2.75) is 13.8 Å². The van der Waals surface area contributed by atoms with Crippen LogP contribution in [0.15, 0.2) is 53.7 Å². The lowest BCUT2D eigenvalue weighted by Crippen LogP contribution is -2.13. The molecule has 0 saturated carbocycles. The van der Waals surface area contributed by atoms with Gasteiger partial charge in [-0.05, 0) is 43.7 Å². The molecule has 0 spiro atoms. The first-order valence-corrected chi connectivity index (χ1v) is 7.68. The average molecular weight is 341 g/mol. The largest absolute Gasteiger partial charge is 0.345 e. The van der Waals surface area contributed by atoms with Crippen molar-refractivity contribution < 1.29 is 4.79 Å². The van der Waals surface area contributed by atoms with Crippen molar-refractivity contribution in [2.24, 2.45) is 0 Å². The van der Waals surface area contributed by atoms with Gasteiger partial charge in [-0.3, -0.25) is 4.79 Å². The van der Waals surface area contributed by atoms with Crippen LogP contribution in [0.3, 0.4) is 0 Å². The van der Waals surface area contributed by atoms with Gasteiger partial charge >= 0.3 is 0 Å². The van der Waals surface area contributed by atoms with Gasteiger partial charge in [0.1, 0.15) is 23.9 Å². The lowest BCUT2D eigenvalue weighted by molar-refractivity contribution is 0.102. The van der Waals surface area contributed by atoms with Gasteiger partial charge in [-0.1, -0.05) is 23.8 Å². The number of hydrogen-bond donors (Lipinski definition) is 2. The minimum atomic E-state index is -0.322. The number of rotatable bonds is 4. The van der Waals surface area contributed by atoms with Gasteiger partial charge in [-0.2, -0.15) is 15.8 Å². The summed E-state index contributed by atoms with van der Waals surface area (Å²) < 4.78 is 0. The Kier molecular flexibility index (Phi) is 5.72. The zero-order chi connectivity index (χ0) is 19.1. The second-order valence-corrected chi connectivity index (χ2v) is 5.56. The molecule has 0 unspecified atom stereocenters. The normalized spacial score (nSPS) is 9.19. The summed E-state index contributed by atoms with van der Waals surface area (Å²) in [5.74, 6) is -0.302. The maximum absolute atomic E-state index is 12.5. The molecule has 0 aromatic heterocycles. The van der Waals surface area contributed by atoms with Gasteiger partial charge in [-0.15, -0.1) is 0 Å². The molecule has 126 valence electrons. The first-order chi connectivity index (χ1) is 12.5. The van der Waals surface area contributed by atoms with Crippen molar-refractivity contribution in [3.05, 3.63) is 70.4 Å². The summed E-state index contributed by atoms with van der Waals surface area (Å²) in [6.07, 6.45) is 0. The third-order valence-electron chi connectivity index (χ3n) is 3.61.